The van der Waals surface area contributed by atoms with E-state index in [-0.39, 0.29) is 23.8 Å². The fraction of sp³-hybridized carbons (Fsp3) is 0.350. The summed E-state index contributed by atoms with van der Waals surface area (Å²) in [6.07, 6.45) is 0. The van der Waals surface area contributed by atoms with E-state index in [9.17, 15) is 14.9 Å². The molecule has 0 heterocycles. The van der Waals surface area contributed by atoms with Crippen LogP contribution in [-0.2, 0) is 11.3 Å². The minimum Gasteiger partial charge on any atom is -0.497 e. The van der Waals surface area contributed by atoms with Gasteiger partial charge in [0.05, 0.1) is 26.2 Å². The zero-order chi connectivity index (χ0) is 20.8. The van der Waals surface area contributed by atoms with Gasteiger partial charge in [-0.2, -0.15) is 0 Å². The van der Waals surface area contributed by atoms with Crippen molar-refractivity contribution in [3.63, 3.8) is 0 Å². The van der Waals surface area contributed by atoms with Crippen LogP contribution in [0.15, 0.2) is 30.3 Å². The van der Waals surface area contributed by atoms with Crippen LogP contribution in [-0.4, -0.2) is 38.6 Å². The van der Waals surface area contributed by atoms with Gasteiger partial charge in [0.25, 0.3) is 11.6 Å². The highest BCUT2D eigenvalue weighted by atomic mass is 16.6. The third-order valence-corrected chi connectivity index (χ3v) is 4.62. The molecule has 28 heavy (non-hydrogen) atoms. The van der Waals surface area contributed by atoms with Gasteiger partial charge < -0.3 is 19.7 Å². The van der Waals surface area contributed by atoms with E-state index in [0.29, 0.717) is 23.6 Å². The number of anilines is 1. The second-order valence-electron chi connectivity index (χ2n) is 6.70. The van der Waals surface area contributed by atoms with Crippen molar-refractivity contribution < 1.29 is 24.1 Å². The van der Waals surface area contributed by atoms with E-state index >= 15 is 0 Å². The number of carbonyl (C=O) groups is 1. The van der Waals surface area contributed by atoms with E-state index < -0.39 is 4.92 Å². The molecule has 2 aromatic rings. The van der Waals surface area contributed by atoms with Crippen LogP contribution in [0.3, 0.4) is 0 Å². The van der Waals surface area contributed by atoms with E-state index in [2.05, 4.69) is 5.32 Å². The molecule has 0 aliphatic rings. The van der Waals surface area contributed by atoms with E-state index in [1.165, 1.54) is 6.07 Å². The van der Waals surface area contributed by atoms with Gasteiger partial charge in [-0.25, -0.2) is 0 Å². The first kappa shape index (κ1) is 21.2. The van der Waals surface area contributed by atoms with Crippen molar-refractivity contribution in [2.45, 2.75) is 20.4 Å². The van der Waals surface area contributed by atoms with Crippen LogP contribution in [0.25, 0.3) is 0 Å². The van der Waals surface area contributed by atoms with E-state index in [4.69, 9.17) is 9.47 Å². The third kappa shape index (κ3) is 4.98. The van der Waals surface area contributed by atoms with Crippen LogP contribution in [0.1, 0.15) is 16.7 Å². The quantitative estimate of drug-likeness (QED) is 0.532. The number of nitrogens with one attached hydrogen (secondary N) is 2. The van der Waals surface area contributed by atoms with Gasteiger partial charge in [0.15, 0.2) is 6.54 Å². The number of hydrogen-bond donors (Lipinski definition) is 2. The Morgan fingerprint density at radius 1 is 1.18 bits per heavy atom. The van der Waals surface area contributed by atoms with Gasteiger partial charge in [0.2, 0.25) is 0 Å². The lowest BCUT2D eigenvalue weighted by Gasteiger charge is -2.17. The molecule has 1 unspecified atom stereocenters. The molecule has 0 saturated heterocycles. The molecule has 150 valence electrons. The summed E-state index contributed by atoms with van der Waals surface area (Å²) < 4.78 is 10.6. The van der Waals surface area contributed by atoms with Crippen molar-refractivity contribution in [1.82, 2.24) is 0 Å². The smallest absolute Gasteiger partial charge is 0.293 e. The number of rotatable bonds is 8. The molecule has 0 fully saturated rings. The van der Waals surface area contributed by atoms with Crippen LogP contribution < -0.4 is 19.7 Å². The first-order valence-electron chi connectivity index (χ1n) is 8.83. The molecule has 0 bridgehead atoms. The summed E-state index contributed by atoms with van der Waals surface area (Å²) in [5.74, 6) is 1.09. The predicted molar refractivity (Wildman–Crippen MR) is 106 cm³/mol. The van der Waals surface area contributed by atoms with Gasteiger partial charge in [0, 0.05) is 17.7 Å². The van der Waals surface area contributed by atoms with Gasteiger partial charge in [-0.3, -0.25) is 14.9 Å². The molecule has 2 aromatic carbocycles. The zero-order valence-corrected chi connectivity index (χ0v) is 16.8. The Bertz CT molecular complexity index is 882. The lowest BCUT2D eigenvalue weighted by molar-refractivity contribution is -0.885. The zero-order valence-electron chi connectivity index (χ0n) is 16.8. The van der Waals surface area contributed by atoms with Gasteiger partial charge >= 0.3 is 0 Å². The van der Waals surface area contributed by atoms with E-state index in [1.54, 1.807) is 33.3 Å². The number of ether oxygens (including phenoxy) is 2. The van der Waals surface area contributed by atoms with Crippen molar-refractivity contribution in [1.29, 1.82) is 0 Å². The molecular formula is C20H26N3O5+. The topological polar surface area (TPSA) is 95.1 Å². The molecule has 0 radical (unpaired) electrons. The summed E-state index contributed by atoms with van der Waals surface area (Å²) in [6.45, 7) is 4.31. The average Bonchev–Trinajstić information content (AvgIpc) is 2.65. The van der Waals surface area contributed by atoms with Crippen LogP contribution >= 0.6 is 0 Å². The minimum atomic E-state index is -0.485. The lowest BCUT2D eigenvalue weighted by Crippen LogP contribution is -3.08. The van der Waals surface area contributed by atoms with Crippen LogP contribution in [0.2, 0.25) is 0 Å². The molecular weight excluding hydrogens is 362 g/mol. The Hall–Kier alpha value is -3.13. The van der Waals surface area contributed by atoms with Gasteiger partial charge in [-0.05, 0) is 37.1 Å². The summed E-state index contributed by atoms with van der Waals surface area (Å²) in [6, 6.07) is 8.62. The summed E-state index contributed by atoms with van der Waals surface area (Å²) in [7, 11) is 5.04. The van der Waals surface area contributed by atoms with Crippen molar-refractivity contribution in [3.05, 3.63) is 57.1 Å². The largest absolute Gasteiger partial charge is 0.497 e. The second kappa shape index (κ2) is 9.18. The highest BCUT2D eigenvalue weighted by molar-refractivity contribution is 5.95. The Kier molecular flexibility index (Phi) is 6.94. The molecule has 0 saturated carbocycles. The SMILES string of the molecule is COc1ccc(C[NH+](C)CC(=O)Nc2c([N+](=O)[O-])ccc(C)c2C)c(OC)c1. The molecule has 8 nitrogen and oxygen atoms in total. The Morgan fingerprint density at radius 3 is 2.50 bits per heavy atom. The first-order chi connectivity index (χ1) is 13.3. The number of likely N-dealkylation sites (N-methyl/N-ethyl adjacent to an activating group) is 1. The molecule has 0 spiro atoms. The molecule has 1 atom stereocenters. The summed E-state index contributed by atoms with van der Waals surface area (Å²) >= 11 is 0. The highest BCUT2D eigenvalue weighted by Crippen LogP contribution is 2.30. The van der Waals surface area contributed by atoms with Gasteiger partial charge in [-0.1, -0.05) is 6.07 Å². The van der Waals surface area contributed by atoms with Crippen molar-refractivity contribution in [2.75, 3.05) is 33.1 Å². The summed E-state index contributed by atoms with van der Waals surface area (Å²) in [5, 5.41) is 14.0. The van der Waals surface area contributed by atoms with Crippen molar-refractivity contribution in [3.8, 4) is 11.5 Å². The van der Waals surface area contributed by atoms with E-state index in [0.717, 1.165) is 16.0 Å². The highest BCUT2D eigenvalue weighted by Gasteiger charge is 2.21. The number of nitro benzene ring substituents is 1. The number of carbonyl (C=O) groups excluding carboxylic acids is 1. The Labute approximate surface area is 164 Å². The van der Waals surface area contributed by atoms with Gasteiger partial charge in [0.1, 0.15) is 23.7 Å². The van der Waals surface area contributed by atoms with E-state index in [1.807, 2.05) is 26.1 Å². The van der Waals surface area contributed by atoms with Crippen LogP contribution in [0, 0.1) is 24.0 Å². The summed E-state index contributed by atoms with van der Waals surface area (Å²) in [4.78, 5) is 24.2. The molecule has 0 aromatic heterocycles. The summed E-state index contributed by atoms with van der Waals surface area (Å²) in [5.41, 5.74) is 2.66. The van der Waals surface area contributed by atoms with Crippen LogP contribution in [0.5, 0.6) is 11.5 Å². The first-order valence-corrected chi connectivity index (χ1v) is 8.83. The molecule has 1 amide bonds. The van der Waals surface area contributed by atoms with Gasteiger partial charge in [-0.15, -0.1) is 0 Å². The normalized spacial score (nSPS) is 11.6. The standard InChI is InChI=1S/C20H25N3O5/c1-13-6-9-17(23(25)26)20(14(13)2)21-19(24)12-22(3)11-15-7-8-16(27-4)10-18(15)28-5/h6-10H,11-12H2,1-5H3,(H,21,24)/p+1. The lowest BCUT2D eigenvalue weighted by atomic mass is 10.1. The predicted octanol–water partition coefficient (Wildman–Crippen LogP) is 1.88. The minimum absolute atomic E-state index is 0.106. The molecule has 2 rings (SSSR count). The maximum Gasteiger partial charge on any atom is 0.293 e. The Balaban J connectivity index is 2.10. The maximum atomic E-state index is 12.5. The number of nitro groups is 1. The fourth-order valence-corrected chi connectivity index (χ4v) is 2.95. The number of hydrogen-bond acceptors (Lipinski definition) is 5. The second-order valence-corrected chi connectivity index (χ2v) is 6.70. The van der Waals surface area contributed by atoms with Crippen LogP contribution in [0.4, 0.5) is 11.4 Å². The maximum absolute atomic E-state index is 12.5. The number of benzene rings is 2. The number of aryl methyl sites for hydroxylation is 1. The number of methoxy groups -OCH3 is 2. The monoisotopic (exact) mass is 388 g/mol. The molecule has 8 heteroatoms. The third-order valence-electron chi connectivity index (χ3n) is 4.62. The number of quaternary nitrogens is 1. The molecule has 2 N–H and O–H groups in total. The molecule has 0 aliphatic heterocycles. The Morgan fingerprint density at radius 2 is 1.89 bits per heavy atom. The van der Waals surface area contributed by atoms with Crippen molar-refractivity contribution >= 4 is 17.3 Å². The average molecular weight is 388 g/mol. The number of nitrogens with zero attached hydrogens (tertiary/aromatic N) is 1. The fourth-order valence-electron chi connectivity index (χ4n) is 2.95. The number of amides is 1. The molecule has 0 aliphatic carbocycles. The van der Waals surface area contributed by atoms with Crippen molar-refractivity contribution in [2.24, 2.45) is 0 Å².